The van der Waals surface area contributed by atoms with E-state index in [9.17, 15) is 18.3 Å². The van der Waals surface area contributed by atoms with Gasteiger partial charge in [0.05, 0.1) is 18.9 Å². The van der Waals surface area contributed by atoms with Crippen LogP contribution in [0.1, 0.15) is 15.9 Å². The van der Waals surface area contributed by atoms with E-state index >= 15 is 0 Å². The Balaban J connectivity index is 1.73. The summed E-state index contributed by atoms with van der Waals surface area (Å²) in [5, 5.41) is 13.5. The third kappa shape index (κ3) is 4.95. The molecular weight excluding hydrogens is 408 g/mol. The third-order valence-electron chi connectivity index (χ3n) is 3.95. The number of ether oxygens (including phenoxy) is 1. The van der Waals surface area contributed by atoms with Crippen molar-refractivity contribution in [3.63, 3.8) is 0 Å². The zero-order chi connectivity index (χ0) is 21.6. The van der Waals surface area contributed by atoms with E-state index in [0.29, 0.717) is 5.56 Å². The largest absolute Gasteiger partial charge is 0.507 e. The van der Waals surface area contributed by atoms with E-state index in [2.05, 4.69) is 10.5 Å². The number of carbonyl (C=O) groups is 1. The Morgan fingerprint density at radius 3 is 2.40 bits per heavy atom. The lowest BCUT2D eigenvalue weighted by Crippen LogP contribution is -2.17. The summed E-state index contributed by atoms with van der Waals surface area (Å²) >= 11 is 0. The predicted octanol–water partition coefficient (Wildman–Crippen LogP) is 2.93. The highest BCUT2D eigenvalue weighted by Crippen LogP contribution is 2.30. The molecule has 30 heavy (non-hydrogen) atoms. The van der Waals surface area contributed by atoms with Crippen molar-refractivity contribution in [2.24, 2.45) is 5.10 Å². The number of aromatic hydroxyl groups is 1. The van der Waals surface area contributed by atoms with Crippen molar-refractivity contribution in [1.82, 2.24) is 5.43 Å². The summed E-state index contributed by atoms with van der Waals surface area (Å²) in [5.41, 5.74) is 2.91. The fraction of sp³-hybridized carbons (Fsp3) is 0.0476. The molecule has 0 aliphatic carbocycles. The van der Waals surface area contributed by atoms with Gasteiger partial charge in [-0.15, -0.1) is 0 Å². The molecule has 1 amide bonds. The summed E-state index contributed by atoms with van der Waals surface area (Å²) in [6.45, 7) is 0. The second-order valence-electron chi connectivity index (χ2n) is 5.98. The van der Waals surface area contributed by atoms with Crippen LogP contribution in [0.5, 0.6) is 17.2 Å². The fourth-order valence-corrected chi connectivity index (χ4v) is 3.44. The number of rotatable bonds is 7. The number of phenolic OH excluding ortho intramolecular Hbond substituents is 1. The van der Waals surface area contributed by atoms with Gasteiger partial charge >= 0.3 is 10.1 Å². The Bertz CT molecular complexity index is 1180. The molecule has 3 rings (SSSR count). The van der Waals surface area contributed by atoms with Crippen molar-refractivity contribution in [2.45, 2.75) is 4.90 Å². The van der Waals surface area contributed by atoms with E-state index in [0.717, 1.165) is 0 Å². The number of hydrogen-bond donors (Lipinski definition) is 2. The molecule has 3 aromatic rings. The molecule has 9 heteroatoms. The zero-order valence-corrected chi connectivity index (χ0v) is 16.7. The molecule has 0 atom stereocenters. The van der Waals surface area contributed by atoms with Gasteiger partial charge in [0.2, 0.25) is 0 Å². The average Bonchev–Trinajstić information content (AvgIpc) is 2.75. The Morgan fingerprint density at radius 2 is 1.70 bits per heavy atom. The van der Waals surface area contributed by atoms with Crippen molar-refractivity contribution in [1.29, 1.82) is 0 Å². The fourth-order valence-electron chi connectivity index (χ4n) is 2.48. The summed E-state index contributed by atoms with van der Waals surface area (Å²) in [6.07, 6.45) is 1.34. The number of hydrogen-bond acceptors (Lipinski definition) is 7. The standard InChI is InChI=1S/C21H18N2O6S/c1-28-20-13-15(14-22-23-21(25)17-9-5-6-10-18(17)24)11-12-19(20)29-30(26,27)16-7-3-2-4-8-16/h2-14,24H,1H3,(H,23,25). The van der Waals surface area contributed by atoms with Gasteiger partial charge in [-0.05, 0) is 48.0 Å². The van der Waals surface area contributed by atoms with Gasteiger partial charge in [-0.1, -0.05) is 30.3 Å². The Morgan fingerprint density at radius 1 is 1.00 bits per heavy atom. The quantitative estimate of drug-likeness (QED) is 0.341. The Hall–Kier alpha value is -3.85. The number of para-hydroxylation sites is 1. The minimum Gasteiger partial charge on any atom is -0.507 e. The van der Waals surface area contributed by atoms with Crippen LogP contribution >= 0.6 is 0 Å². The number of nitrogens with one attached hydrogen (secondary N) is 1. The van der Waals surface area contributed by atoms with Crippen LogP contribution in [0.3, 0.4) is 0 Å². The van der Waals surface area contributed by atoms with Crippen LogP contribution in [0, 0.1) is 0 Å². The van der Waals surface area contributed by atoms with E-state index in [-0.39, 0.29) is 27.7 Å². The van der Waals surface area contributed by atoms with Crippen LogP contribution in [0.15, 0.2) is 82.8 Å². The number of amides is 1. The van der Waals surface area contributed by atoms with Crippen molar-refractivity contribution in [2.75, 3.05) is 7.11 Å². The lowest BCUT2D eigenvalue weighted by Gasteiger charge is -2.11. The first-order valence-electron chi connectivity index (χ1n) is 8.69. The lowest BCUT2D eigenvalue weighted by atomic mass is 10.2. The minimum absolute atomic E-state index is 0.0109. The molecular formula is C21H18N2O6S. The van der Waals surface area contributed by atoms with Crippen LogP contribution < -0.4 is 14.3 Å². The number of carbonyl (C=O) groups excluding carboxylic acids is 1. The predicted molar refractivity (Wildman–Crippen MR) is 110 cm³/mol. The van der Waals surface area contributed by atoms with Gasteiger partial charge < -0.3 is 14.0 Å². The summed E-state index contributed by atoms with van der Waals surface area (Å²) in [5.74, 6) is -0.555. The molecule has 0 radical (unpaired) electrons. The van der Waals surface area contributed by atoms with E-state index in [4.69, 9.17) is 8.92 Å². The van der Waals surface area contributed by atoms with Gasteiger partial charge in [-0.3, -0.25) is 4.79 Å². The molecule has 0 heterocycles. The summed E-state index contributed by atoms with van der Waals surface area (Å²) in [6, 6.07) is 18.3. The molecule has 0 saturated heterocycles. The molecule has 0 saturated carbocycles. The highest BCUT2D eigenvalue weighted by atomic mass is 32.2. The van der Waals surface area contributed by atoms with Gasteiger partial charge in [0, 0.05) is 0 Å². The second kappa shape index (κ2) is 9.10. The minimum atomic E-state index is -4.02. The first-order chi connectivity index (χ1) is 14.4. The van der Waals surface area contributed by atoms with E-state index < -0.39 is 16.0 Å². The van der Waals surface area contributed by atoms with Gasteiger partial charge in [-0.25, -0.2) is 5.43 Å². The highest BCUT2D eigenvalue weighted by Gasteiger charge is 2.18. The molecule has 8 nitrogen and oxygen atoms in total. The van der Waals surface area contributed by atoms with Crippen molar-refractivity contribution >= 4 is 22.2 Å². The monoisotopic (exact) mass is 426 g/mol. The molecule has 0 unspecified atom stereocenters. The van der Waals surface area contributed by atoms with Crippen LogP contribution in [-0.4, -0.2) is 32.8 Å². The number of hydrazone groups is 1. The van der Waals surface area contributed by atoms with Gasteiger partial charge in [0.25, 0.3) is 5.91 Å². The number of methoxy groups -OCH3 is 1. The maximum atomic E-state index is 12.4. The second-order valence-corrected chi connectivity index (χ2v) is 7.52. The molecule has 0 aliphatic heterocycles. The first kappa shape index (κ1) is 20.9. The summed E-state index contributed by atoms with van der Waals surface area (Å²) < 4.78 is 35.2. The van der Waals surface area contributed by atoms with Crippen LogP contribution in [0.4, 0.5) is 0 Å². The van der Waals surface area contributed by atoms with Crippen molar-refractivity contribution < 1.29 is 27.2 Å². The van der Waals surface area contributed by atoms with Crippen LogP contribution in [0.25, 0.3) is 0 Å². The highest BCUT2D eigenvalue weighted by molar-refractivity contribution is 7.87. The smallest absolute Gasteiger partial charge is 0.339 e. The van der Waals surface area contributed by atoms with Crippen LogP contribution in [-0.2, 0) is 10.1 Å². The SMILES string of the molecule is COc1cc(C=NNC(=O)c2ccccc2O)ccc1OS(=O)(=O)c1ccccc1. The molecule has 0 bridgehead atoms. The lowest BCUT2D eigenvalue weighted by molar-refractivity contribution is 0.0952. The average molecular weight is 426 g/mol. The van der Waals surface area contributed by atoms with Gasteiger partial charge in [-0.2, -0.15) is 13.5 Å². The molecule has 3 aromatic carbocycles. The summed E-state index contributed by atoms with van der Waals surface area (Å²) in [4.78, 5) is 12.0. The maximum absolute atomic E-state index is 12.4. The summed E-state index contributed by atoms with van der Waals surface area (Å²) in [7, 11) is -2.64. The molecule has 154 valence electrons. The normalized spacial score (nSPS) is 11.2. The zero-order valence-electron chi connectivity index (χ0n) is 15.8. The maximum Gasteiger partial charge on any atom is 0.339 e. The topological polar surface area (TPSA) is 114 Å². The van der Waals surface area contributed by atoms with E-state index in [1.54, 1.807) is 36.4 Å². The molecule has 0 spiro atoms. The van der Waals surface area contributed by atoms with E-state index in [1.165, 1.54) is 49.7 Å². The van der Waals surface area contributed by atoms with Gasteiger partial charge in [0.1, 0.15) is 10.6 Å². The molecule has 0 aliphatic rings. The Labute approximate surface area is 173 Å². The number of phenols is 1. The molecule has 2 N–H and O–H groups in total. The number of benzene rings is 3. The van der Waals surface area contributed by atoms with E-state index in [1.807, 2.05) is 0 Å². The first-order valence-corrected chi connectivity index (χ1v) is 10.1. The molecule has 0 fully saturated rings. The van der Waals surface area contributed by atoms with Gasteiger partial charge in [0.15, 0.2) is 11.5 Å². The van der Waals surface area contributed by atoms with Crippen molar-refractivity contribution in [3.05, 3.63) is 83.9 Å². The molecule has 0 aromatic heterocycles. The Kier molecular flexibility index (Phi) is 6.33. The third-order valence-corrected chi connectivity index (χ3v) is 5.20. The van der Waals surface area contributed by atoms with Crippen molar-refractivity contribution in [3.8, 4) is 17.2 Å². The van der Waals surface area contributed by atoms with Crippen LogP contribution in [0.2, 0.25) is 0 Å². The number of nitrogens with zero attached hydrogens (tertiary/aromatic N) is 1.